The maximum atomic E-state index is 11.9. The second kappa shape index (κ2) is 5.60. The second-order valence-electron chi connectivity index (χ2n) is 3.88. The van der Waals surface area contributed by atoms with Crippen LogP contribution in [0.5, 0.6) is 0 Å². The Labute approximate surface area is 97.3 Å². The molecule has 0 unspecified atom stereocenters. The van der Waals surface area contributed by atoms with Gasteiger partial charge in [-0.1, -0.05) is 0 Å². The Bertz CT molecular complexity index is 333. The van der Waals surface area contributed by atoms with Gasteiger partial charge in [0.1, 0.15) is 12.1 Å². The van der Waals surface area contributed by atoms with Crippen LogP contribution >= 0.6 is 0 Å². The maximum Gasteiger partial charge on any atom is 0.326 e. The molecule has 0 aromatic rings. The number of carboxylic acid groups (broad SMARTS) is 1. The van der Waals surface area contributed by atoms with Crippen molar-refractivity contribution < 1.29 is 24.7 Å². The first kappa shape index (κ1) is 13.4. The number of rotatable bonds is 5. The zero-order chi connectivity index (χ0) is 13.0. The number of hydrogen-bond acceptors (Lipinski definition) is 5. The van der Waals surface area contributed by atoms with Crippen molar-refractivity contribution in [2.75, 3.05) is 6.54 Å². The molecule has 1 fully saturated rings. The summed E-state index contributed by atoms with van der Waals surface area (Å²) in [6.07, 6.45) is 0.575. The summed E-state index contributed by atoms with van der Waals surface area (Å²) in [6, 6.07) is -2.08. The standard InChI is InChI=1S/C9H15N3O5/c10-7(13)4-5(11-17)8(14)12-3-1-2-6(12)9(15)16/h5-6,11,17H,1-4H2,(H2,10,13)(H,15,16)/t5-,6-/m0/s1. The number of hydrogen-bond donors (Lipinski definition) is 4. The van der Waals surface area contributed by atoms with Gasteiger partial charge in [0.05, 0.1) is 6.42 Å². The molecular formula is C9H15N3O5. The van der Waals surface area contributed by atoms with E-state index in [1.807, 2.05) is 0 Å². The number of carbonyl (C=O) groups excluding carboxylic acids is 2. The van der Waals surface area contributed by atoms with Crippen molar-refractivity contribution in [2.24, 2.45) is 5.73 Å². The van der Waals surface area contributed by atoms with Gasteiger partial charge in [0.25, 0.3) is 0 Å². The average Bonchev–Trinajstić information content (AvgIpc) is 2.73. The van der Waals surface area contributed by atoms with E-state index in [-0.39, 0.29) is 6.42 Å². The highest BCUT2D eigenvalue weighted by Crippen LogP contribution is 2.18. The Morgan fingerprint density at radius 2 is 2.12 bits per heavy atom. The number of amides is 2. The van der Waals surface area contributed by atoms with Gasteiger partial charge in [-0.3, -0.25) is 9.59 Å². The molecule has 0 aromatic heterocycles. The number of aliphatic carboxylic acids is 1. The van der Waals surface area contributed by atoms with Crippen molar-refractivity contribution in [3.05, 3.63) is 0 Å². The molecule has 2 atom stereocenters. The molecular weight excluding hydrogens is 230 g/mol. The fraction of sp³-hybridized carbons (Fsp3) is 0.667. The van der Waals surface area contributed by atoms with Crippen LogP contribution in [0.2, 0.25) is 0 Å². The smallest absolute Gasteiger partial charge is 0.326 e. The molecule has 1 heterocycles. The van der Waals surface area contributed by atoms with E-state index in [4.69, 9.17) is 16.0 Å². The van der Waals surface area contributed by atoms with Gasteiger partial charge >= 0.3 is 5.97 Å². The van der Waals surface area contributed by atoms with Crippen LogP contribution in [0, 0.1) is 0 Å². The van der Waals surface area contributed by atoms with Gasteiger partial charge in [0.15, 0.2) is 0 Å². The molecule has 0 aromatic carbocycles. The van der Waals surface area contributed by atoms with Gasteiger partial charge in [-0.05, 0) is 12.8 Å². The first-order chi connectivity index (χ1) is 7.97. The number of primary amides is 1. The summed E-state index contributed by atoms with van der Waals surface area (Å²) in [7, 11) is 0. The second-order valence-corrected chi connectivity index (χ2v) is 3.88. The molecule has 1 rings (SSSR count). The predicted molar refractivity (Wildman–Crippen MR) is 54.9 cm³/mol. The predicted octanol–water partition coefficient (Wildman–Crippen LogP) is -1.72. The largest absolute Gasteiger partial charge is 0.480 e. The number of carbonyl (C=O) groups is 3. The van der Waals surface area contributed by atoms with Crippen LogP contribution in [-0.4, -0.2) is 51.6 Å². The third-order valence-electron chi connectivity index (χ3n) is 2.68. The summed E-state index contributed by atoms with van der Waals surface area (Å²) in [6.45, 7) is 0.298. The monoisotopic (exact) mass is 245 g/mol. The Hall–Kier alpha value is -1.67. The van der Waals surface area contributed by atoms with Crippen molar-refractivity contribution in [2.45, 2.75) is 31.3 Å². The molecule has 17 heavy (non-hydrogen) atoms. The molecule has 0 saturated carbocycles. The van der Waals surface area contributed by atoms with E-state index in [0.29, 0.717) is 19.4 Å². The lowest BCUT2D eigenvalue weighted by Gasteiger charge is -2.25. The number of hydroxylamine groups is 1. The molecule has 96 valence electrons. The third-order valence-corrected chi connectivity index (χ3v) is 2.68. The Morgan fingerprint density at radius 1 is 1.47 bits per heavy atom. The van der Waals surface area contributed by atoms with Gasteiger partial charge in [-0.15, -0.1) is 0 Å². The van der Waals surface area contributed by atoms with E-state index in [9.17, 15) is 14.4 Å². The normalized spacial score (nSPS) is 21.2. The number of nitrogens with one attached hydrogen (secondary N) is 1. The van der Waals surface area contributed by atoms with E-state index >= 15 is 0 Å². The molecule has 1 aliphatic heterocycles. The highest BCUT2D eigenvalue weighted by atomic mass is 16.5. The summed E-state index contributed by atoms with van der Waals surface area (Å²) >= 11 is 0. The van der Waals surface area contributed by atoms with E-state index in [1.165, 1.54) is 0 Å². The summed E-state index contributed by atoms with van der Waals surface area (Å²) in [5.41, 5.74) is 6.61. The summed E-state index contributed by atoms with van der Waals surface area (Å²) < 4.78 is 0. The quantitative estimate of drug-likeness (QED) is 0.426. The van der Waals surface area contributed by atoms with Crippen LogP contribution in [-0.2, 0) is 14.4 Å². The van der Waals surface area contributed by atoms with E-state index in [2.05, 4.69) is 0 Å². The molecule has 1 aliphatic rings. The number of likely N-dealkylation sites (tertiary alicyclic amines) is 1. The zero-order valence-corrected chi connectivity index (χ0v) is 9.13. The zero-order valence-electron chi connectivity index (χ0n) is 9.13. The van der Waals surface area contributed by atoms with Gasteiger partial charge < -0.3 is 20.9 Å². The van der Waals surface area contributed by atoms with Crippen LogP contribution in [0.15, 0.2) is 0 Å². The first-order valence-corrected chi connectivity index (χ1v) is 5.18. The number of nitrogens with two attached hydrogens (primary N) is 1. The summed E-state index contributed by atoms with van der Waals surface area (Å²) in [5, 5.41) is 17.7. The minimum atomic E-state index is -1.19. The van der Waals surface area contributed by atoms with Gasteiger partial charge in [-0.2, -0.15) is 5.48 Å². The first-order valence-electron chi connectivity index (χ1n) is 5.18. The van der Waals surface area contributed by atoms with Crippen LogP contribution in [0.3, 0.4) is 0 Å². The van der Waals surface area contributed by atoms with Crippen LogP contribution in [0.4, 0.5) is 0 Å². The summed E-state index contributed by atoms with van der Waals surface area (Å²) in [4.78, 5) is 34.6. The highest BCUT2D eigenvalue weighted by Gasteiger charge is 2.37. The minimum absolute atomic E-state index is 0.298. The van der Waals surface area contributed by atoms with Crippen molar-refractivity contribution >= 4 is 17.8 Å². The van der Waals surface area contributed by atoms with Gasteiger partial charge in [-0.25, -0.2) is 4.79 Å². The van der Waals surface area contributed by atoms with Crippen molar-refractivity contribution in [1.82, 2.24) is 10.4 Å². The van der Waals surface area contributed by atoms with Crippen molar-refractivity contribution in [1.29, 1.82) is 0 Å². The summed E-state index contributed by atoms with van der Waals surface area (Å²) in [5.74, 6) is -2.47. The van der Waals surface area contributed by atoms with Crippen LogP contribution < -0.4 is 11.2 Å². The highest BCUT2D eigenvalue weighted by molar-refractivity contribution is 5.90. The van der Waals surface area contributed by atoms with E-state index < -0.39 is 29.9 Å². The number of nitrogens with zero attached hydrogens (tertiary/aromatic N) is 1. The molecule has 0 bridgehead atoms. The fourth-order valence-electron chi connectivity index (χ4n) is 1.88. The lowest BCUT2D eigenvalue weighted by atomic mass is 10.1. The Kier molecular flexibility index (Phi) is 4.41. The number of carboxylic acids is 1. The fourth-order valence-corrected chi connectivity index (χ4v) is 1.88. The SMILES string of the molecule is NC(=O)C[C@H](NO)C(=O)N1CCC[C@H]1C(=O)O. The Morgan fingerprint density at radius 3 is 2.59 bits per heavy atom. The third kappa shape index (κ3) is 3.14. The van der Waals surface area contributed by atoms with Gasteiger partial charge in [0.2, 0.25) is 11.8 Å². The van der Waals surface area contributed by atoms with Crippen LogP contribution in [0.25, 0.3) is 0 Å². The average molecular weight is 245 g/mol. The lowest BCUT2D eigenvalue weighted by molar-refractivity contribution is -0.150. The minimum Gasteiger partial charge on any atom is -0.480 e. The molecule has 2 amide bonds. The molecule has 0 aliphatic carbocycles. The molecule has 8 heteroatoms. The molecule has 0 radical (unpaired) electrons. The topological polar surface area (TPSA) is 133 Å². The molecule has 8 nitrogen and oxygen atoms in total. The maximum absolute atomic E-state index is 11.9. The Balaban J connectivity index is 2.73. The molecule has 5 N–H and O–H groups in total. The molecule has 1 saturated heterocycles. The van der Waals surface area contributed by atoms with Crippen molar-refractivity contribution in [3.63, 3.8) is 0 Å². The van der Waals surface area contributed by atoms with E-state index in [0.717, 1.165) is 4.90 Å². The van der Waals surface area contributed by atoms with Gasteiger partial charge in [0, 0.05) is 6.54 Å². The van der Waals surface area contributed by atoms with Crippen molar-refractivity contribution in [3.8, 4) is 0 Å². The van der Waals surface area contributed by atoms with E-state index in [1.54, 1.807) is 5.48 Å². The lowest BCUT2D eigenvalue weighted by Crippen LogP contribution is -2.50. The molecule has 0 spiro atoms. The van der Waals surface area contributed by atoms with Crippen LogP contribution in [0.1, 0.15) is 19.3 Å².